The normalized spacial score (nSPS) is 23.7. The van der Waals surface area contributed by atoms with Crippen LogP contribution in [0.4, 0.5) is 0 Å². The van der Waals surface area contributed by atoms with Crippen LogP contribution in [0.2, 0.25) is 0 Å². The monoisotopic (exact) mass is 170 g/mol. The summed E-state index contributed by atoms with van der Waals surface area (Å²) in [5.41, 5.74) is 0. The lowest BCUT2D eigenvalue weighted by atomic mass is 10.1. The summed E-state index contributed by atoms with van der Waals surface area (Å²) in [7, 11) is 1.94. The van der Waals surface area contributed by atoms with Crippen LogP contribution in [0.3, 0.4) is 0 Å². The minimum Gasteiger partial charge on any atom is -0.342 e. The molecule has 0 bridgehead atoms. The Morgan fingerprint density at radius 3 is 2.92 bits per heavy atom. The smallest absolute Gasteiger partial charge is 0.225 e. The average Bonchev–Trinajstić information content (AvgIpc) is 2.36. The molecule has 0 saturated carbocycles. The SMILES string of the molecule is CNCCCN1CCC(C)C1=O. The Hall–Kier alpha value is -0.570. The van der Waals surface area contributed by atoms with Gasteiger partial charge in [-0.25, -0.2) is 0 Å². The fourth-order valence-electron chi connectivity index (χ4n) is 1.56. The van der Waals surface area contributed by atoms with E-state index in [1.807, 2.05) is 18.9 Å². The van der Waals surface area contributed by atoms with E-state index in [2.05, 4.69) is 5.32 Å². The Kier molecular flexibility index (Phi) is 3.53. The predicted octanol–water partition coefficient (Wildman–Crippen LogP) is 0.464. The third-order valence-electron chi connectivity index (χ3n) is 2.42. The molecule has 1 atom stereocenters. The molecule has 1 N–H and O–H groups in total. The molecule has 1 aliphatic heterocycles. The maximum Gasteiger partial charge on any atom is 0.225 e. The molecule has 1 heterocycles. The standard InChI is InChI=1S/C9H18N2O/c1-8-4-7-11(9(8)12)6-3-5-10-2/h8,10H,3-7H2,1-2H3. The van der Waals surface area contributed by atoms with Gasteiger partial charge in [-0.15, -0.1) is 0 Å². The third-order valence-corrected chi connectivity index (χ3v) is 2.42. The zero-order chi connectivity index (χ0) is 8.97. The first-order valence-electron chi connectivity index (χ1n) is 4.69. The lowest BCUT2D eigenvalue weighted by Crippen LogP contribution is -2.29. The average molecular weight is 170 g/mol. The van der Waals surface area contributed by atoms with Crippen LogP contribution < -0.4 is 5.32 Å². The molecule has 1 unspecified atom stereocenters. The van der Waals surface area contributed by atoms with E-state index in [-0.39, 0.29) is 5.92 Å². The van der Waals surface area contributed by atoms with E-state index in [1.165, 1.54) is 0 Å². The summed E-state index contributed by atoms with van der Waals surface area (Å²) < 4.78 is 0. The highest BCUT2D eigenvalue weighted by atomic mass is 16.2. The van der Waals surface area contributed by atoms with Crippen molar-refractivity contribution >= 4 is 5.91 Å². The summed E-state index contributed by atoms with van der Waals surface area (Å²) in [4.78, 5) is 13.4. The fraction of sp³-hybridized carbons (Fsp3) is 0.889. The van der Waals surface area contributed by atoms with Gasteiger partial charge >= 0.3 is 0 Å². The highest BCUT2D eigenvalue weighted by Crippen LogP contribution is 2.16. The van der Waals surface area contributed by atoms with Gasteiger partial charge in [-0.1, -0.05) is 6.92 Å². The first-order valence-corrected chi connectivity index (χ1v) is 4.69. The summed E-state index contributed by atoms with van der Waals surface area (Å²) in [5, 5.41) is 3.08. The highest BCUT2D eigenvalue weighted by molar-refractivity contribution is 5.80. The Balaban J connectivity index is 2.20. The van der Waals surface area contributed by atoms with Gasteiger partial charge in [-0.05, 0) is 26.4 Å². The maximum absolute atomic E-state index is 11.4. The number of likely N-dealkylation sites (tertiary alicyclic amines) is 1. The van der Waals surface area contributed by atoms with E-state index in [0.717, 1.165) is 32.5 Å². The van der Waals surface area contributed by atoms with Crippen LogP contribution >= 0.6 is 0 Å². The summed E-state index contributed by atoms with van der Waals surface area (Å²) in [6.07, 6.45) is 2.10. The summed E-state index contributed by atoms with van der Waals surface area (Å²) in [5.74, 6) is 0.602. The Bertz CT molecular complexity index is 159. The molecule has 3 nitrogen and oxygen atoms in total. The number of rotatable bonds is 4. The molecule has 0 spiro atoms. The van der Waals surface area contributed by atoms with Crippen molar-refractivity contribution in [3.05, 3.63) is 0 Å². The maximum atomic E-state index is 11.4. The quantitative estimate of drug-likeness (QED) is 0.622. The van der Waals surface area contributed by atoms with Crippen molar-refractivity contribution in [3.63, 3.8) is 0 Å². The van der Waals surface area contributed by atoms with Crippen LogP contribution in [0, 0.1) is 5.92 Å². The Morgan fingerprint density at radius 2 is 2.42 bits per heavy atom. The summed E-state index contributed by atoms with van der Waals surface area (Å²) >= 11 is 0. The number of carbonyl (C=O) groups excluding carboxylic acids is 1. The fourth-order valence-corrected chi connectivity index (χ4v) is 1.56. The van der Waals surface area contributed by atoms with Crippen LogP contribution in [-0.4, -0.2) is 37.5 Å². The molecule has 0 aromatic rings. The van der Waals surface area contributed by atoms with Gasteiger partial charge in [0.15, 0.2) is 0 Å². The minimum absolute atomic E-state index is 0.264. The number of hydrogen-bond donors (Lipinski definition) is 1. The van der Waals surface area contributed by atoms with Crippen LogP contribution in [0.1, 0.15) is 19.8 Å². The molecule has 0 aromatic carbocycles. The molecular weight excluding hydrogens is 152 g/mol. The molecule has 3 heteroatoms. The lowest BCUT2D eigenvalue weighted by Gasteiger charge is -2.15. The topological polar surface area (TPSA) is 32.3 Å². The summed E-state index contributed by atoms with van der Waals surface area (Å²) in [6, 6.07) is 0. The van der Waals surface area contributed by atoms with Gasteiger partial charge in [0, 0.05) is 19.0 Å². The van der Waals surface area contributed by atoms with E-state index in [1.54, 1.807) is 0 Å². The predicted molar refractivity (Wildman–Crippen MR) is 48.9 cm³/mol. The van der Waals surface area contributed by atoms with Crippen molar-refractivity contribution in [1.29, 1.82) is 0 Å². The van der Waals surface area contributed by atoms with E-state index in [9.17, 15) is 4.79 Å². The Morgan fingerprint density at radius 1 is 1.67 bits per heavy atom. The number of hydrogen-bond acceptors (Lipinski definition) is 2. The molecule has 1 saturated heterocycles. The van der Waals surface area contributed by atoms with Gasteiger partial charge in [-0.2, -0.15) is 0 Å². The molecule has 0 aromatic heterocycles. The first-order chi connectivity index (χ1) is 5.75. The molecule has 70 valence electrons. The van der Waals surface area contributed by atoms with Crippen molar-refractivity contribution in [3.8, 4) is 0 Å². The van der Waals surface area contributed by atoms with Crippen molar-refractivity contribution in [1.82, 2.24) is 10.2 Å². The van der Waals surface area contributed by atoms with Crippen molar-refractivity contribution in [2.75, 3.05) is 26.7 Å². The van der Waals surface area contributed by atoms with Crippen molar-refractivity contribution in [2.24, 2.45) is 5.92 Å². The second-order valence-electron chi connectivity index (χ2n) is 3.47. The van der Waals surface area contributed by atoms with Crippen LogP contribution in [-0.2, 0) is 4.79 Å². The largest absolute Gasteiger partial charge is 0.342 e. The van der Waals surface area contributed by atoms with Gasteiger partial charge < -0.3 is 10.2 Å². The van der Waals surface area contributed by atoms with E-state index < -0.39 is 0 Å². The Labute approximate surface area is 74.1 Å². The second kappa shape index (κ2) is 4.45. The van der Waals surface area contributed by atoms with Gasteiger partial charge in [0.25, 0.3) is 0 Å². The minimum atomic E-state index is 0.264. The van der Waals surface area contributed by atoms with E-state index >= 15 is 0 Å². The lowest BCUT2D eigenvalue weighted by molar-refractivity contribution is -0.130. The molecule has 1 fully saturated rings. The van der Waals surface area contributed by atoms with Crippen molar-refractivity contribution < 1.29 is 4.79 Å². The molecule has 1 aliphatic rings. The first kappa shape index (κ1) is 9.52. The molecule has 0 radical (unpaired) electrons. The molecule has 0 aliphatic carbocycles. The molecule has 12 heavy (non-hydrogen) atoms. The zero-order valence-corrected chi connectivity index (χ0v) is 7.97. The van der Waals surface area contributed by atoms with Gasteiger partial charge in [0.05, 0.1) is 0 Å². The highest BCUT2D eigenvalue weighted by Gasteiger charge is 2.26. The van der Waals surface area contributed by atoms with Crippen LogP contribution in [0.15, 0.2) is 0 Å². The number of nitrogens with one attached hydrogen (secondary N) is 1. The van der Waals surface area contributed by atoms with E-state index in [4.69, 9.17) is 0 Å². The zero-order valence-electron chi connectivity index (χ0n) is 7.97. The van der Waals surface area contributed by atoms with Crippen LogP contribution in [0.25, 0.3) is 0 Å². The number of carbonyl (C=O) groups is 1. The molecular formula is C9H18N2O. The van der Waals surface area contributed by atoms with Crippen molar-refractivity contribution in [2.45, 2.75) is 19.8 Å². The van der Waals surface area contributed by atoms with Gasteiger partial charge in [0.2, 0.25) is 5.91 Å². The third kappa shape index (κ3) is 2.21. The van der Waals surface area contributed by atoms with Crippen LogP contribution in [0.5, 0.6) is 0 Å². The van der Waals surface area contributed by atoms with Gasteiger partial charge in [-0.3, -0.25) is 4.79 Å². The molecule has 1 amide bonds. The summed E-state index contributed by atoms with van der Waals surface area (Å²) in [6.45, 7) is 4.90. The molecule has 1 rings (SSSR count). The number of nitrogens with zero attached hydrogens (tertiary/aromatic N) is 1. The number of amides is 1. The second-order valence-corrected chi connectivity index (χ2v) is 3.47. The van der Waals surface area contributed by atoms with E-state index in [0.29, 0.717) is 5.91 Å². The van der Waals surface area contributed by atoms with Gasteiger partial charge in [0.1, 0.15) is 0 Å².